The molecule has 0 bridgehead atoms. The summed E-state index contributed by atoms with van der Waals surface area (Å²) >= 11 is 0. The highest BCUT2D eigenvalue weighted by molar-refractivity contribution is 5.75. The average molecular weight is 301 g/mol. The van der Waals surface area contributed by atoms with E-state index in [0.29, 0.717) is 6.54 Å². The first-order valence-corrected chi connectivity index (χ1v) is 6.20. The van der Waals surface area contributed by atoms with Crippen LogP contribution in [0.1, 0.15) is 12.6 Å². The number of amides is 1. The molecule has 9 heteroatoms. The number of carbonyl (C=O) groups is 1. The van der Waals surface area contributed by atoms with Crippen LogP contribution in [0.2, 0.25) is 0 Å². The summed E-state index contributed by atoms with van der Waals surface area (Å²) in [5.41, 5.74) is -1.01. The van der Waals surface area contributed by atoms with Gasteiger partial charge in [0.1, 0.15) is 6.54 Å². The summed E-state index contributed by atoms with van der Waals surface area (Å²) in [6.07, 6.45) is 1.62. The Labute approximate surface area is 118 Å². The number of halogens is 3. The van der Waals surface area contributed by atoms with Crippen LogP contribution in [0.5, 0.6) is 0 Å². The molecule has 0 aliphatic heterocycles. The molecule has 6 nitrogen and oxygen atoms in total. The Morgan fingerprint density at radius 3 is 2.76 bits per heavy atom. The van der Waals surface area contributed by atoms with E-state index in [1.807, 2.05) is 0 Å². The molecule has 1 N–H and O–H groups in total. The van der Waals surface area contributed by atoms with Crippen LogP contribution in [0.4, 0.5) is 13.2 Å². The average Bonchev–Trinajstić information content (AvgIpc) is 2.98. The number of aromatic nitrogens is 4. The molecule has 2 rings (SSSR count). The molecule has 2 aromatic rings. The molecular formula is C12H14F3N5O. The first-order chi connectivity index (χ1) is 9.84. The molecule has 21 heavy (non-hydrogen) atoms. The monoisotopic (exact) mass is 301 g/mol. The summed E-state index contributed by atoms with van der Waals surface area (Å²) in [4.78, 5) is 15.6. The fourth-order valence-electron chi connectivity index (χ4n) is 1.83. The molecule has 0 fully saturated rings. The van der Waals surface area contributed by atoms with E-state index in [2.05, 4.69) is 15.4 Å². The second-order valence-corrected chi connectivity index (χ2v) is 4.62. The molecule has 2 heterocycles. The number of rotatable bonds is 5. The minimum absolute atomic E-state index is 0.177. The van der Waals surface area contributed by atoms with Crippen molar-refractivity contribution in [1.29, 1.82) is 0 Å². The summed E-state index contributed by atoms with van der Waals surface area (Å²) in [7, 11) is 0. The van der Waals surface area contributed by atoms with Crippen LogP contribution in [-0.2, 0) is 24.1 Å². The maximum Gasteiger partial charge on any atom is 0.435 e. The van der Waals surface area contributed by atoms with Gasteiger partial charge in [-0.05, 0) is 13.0 Å². The van der Waals surface area contributed by atoms with Crippen LogP contribution in [0.3, 0.4) is 0 Å². The van der Waals surface area contributed by atoms with Crippen LogP contribution in [-0.4, -0.2) is 31.3 Å². The largest absolute Gasteiger partial charge is 0.435 e. The van der Waals surface area contributed by atoms with Crippen molar-refractivity contribution in [3.8, 4) is 0 Å². The minimum Gasteiger partial charge on any atom is -0.350 e. The van der Waals surface area contributed by atoms with Gasteiger partial charge in [0.25, 0.3) is 0 Å². The number of nitrogens with one attached hydrogen (secondary N) is 1. The molecular weight excluding hydrogens is 287 g/mol. The van der Waals surface area contributed by atoms with Gasteiger partial charge in [-0.25, -0.2) is 4.98 Å². The summed E-state index contributed by atoms with van der Waals surface area (Å²) in [6.45, 7) is 2.06. The molecule has 1 amide bonds. The van der Waals surface area contributed by atoms with Gasteiger partial charge in [0.2, 0.25) is 5.91 Å². The van der Waals surface area contributed by atoms with E-state index in [0.717, 1.165) is 16.9 Å². The van der Waals surface area contributed by atoms with Crippen molar-refractivity contribution >= 4 is 5.91 Å². The summed E-state index contributed by atoms with van der Waals surface area (Å²) in [6, 6.07) is 0.659. The predicted molar refractivity (Wildman–Crippen MR) is 67.1 cm³/mol. The minimum atomic E-state index is -4.50. The van der Waals surface area contributed by atoms with E-state index in [1.165, 1.54) is 0 Å². The standard InChI is InChI=1S/C12H14F3N5O/c1-9(6-19-5-3-16-8-19)17-11(21)7-20-4-2-10(18-20)12(13,14)15/h2-5,8-9H,6-7H2,1H3,(H,17,21)/t9-/m0/s1. The van der Waals surface area contributed by atoms with Gasteiger partial charge in [-0.2, -0.15) is 18.3 Å². The van der Waals surface area contributed by atoms with Crippen molar-refractivity contribution in [3.63, 3.8) is 0 Å². The number of imidazole rings is 1. The molecule has 0 aliphatic rings. The van der Waals surface area contributed by atoms with Crippen LogP contribution in [0.15, 0.2) is 31.0 Å². The zero-order valence-electron chi connectivity index (χ0n) is 11.2. The van der Waals surface area contributed by atoms with Crippen molar-refractivity contribution in [2.75, 3.05) is 0 Å². The fraction of sp³-hybridized carbons (Fsp3) is 0.417. The first kappa shape index (κ1) is 15.1. The lowest BCUT2D eigenvalue weighted by Gasteiger charge is -2.14. The lowest BCUT2D eigenvalue weighted by molar-refractivity contribution is -0.141. The molecule has 2 aromatic heterocycles. The fourth-order valence-corrected chi connectivity index (χ4v) is 1.83. The molecule has 1 atom stereocenters. The second-order valence-electron chi connectivity index (χ2n) is 4.62. The van der Waals surface area contributed by atoms with Gasteiger partial charge in [-0.3, -0.25) is 9.48 Å². The van der Waals surface area contributed by atoms with E-state index < -0.39 is 17.8 Å². The maximum absolute atomic E-state index is 12.4. The van der Waals surface area contributed by atoms with Gasteiger partial charge in [0.15, 0.2) is 5.69 Å². The normalized spacial score (nSPS) is 13.1. The van der Waals surface area contributed by atoms with Crippen molar-refractivity contribution in [3.05, 3.63) is 36.7 Å². The highest BCUT2D eigenvalue weighted by Gasteiger charge is 2.33. The van der Waals surface area contributed by atoms with E-state index in [4.69, 9.17) is 0 Å². The third kappa shape index (κ3) is 4.33. The summed E-state index contributed by atoms with van der Waals surface area (Å²) < 4.78 is 39.9. The van der Waals surface area contributed by atoms with Crippen LogP contribution in [0, 0.1) is 0 Å². The molecule has 0 aromatic carbocycles. The number of alkyl halides is 3. The second kappa shape index (κ2) is 5.98. The molecule has 0 spiro atoms. The van der Waals surface area contributed by atoms with Crippen molar-refractivity contribution in [2.45, 2.75) is 32.2 Å². The number of hydrogen-bond acceptors (Lipinski definition) is 3. The third-order valence-corrected chi connectivity index (χ3v) is 2.69. The quantitative estimate of drug-likeness (QED) is 0.905. The molecule has 0 unspecified atom stereocenters. The highest BCUT2D eigenvalue weighted by Crippen LogP contribution is 2.27. The zero-order valence-corrected chi connectivity index (χ0v) is 11.2. The number of nitrogens with zero attached hydrogens (tertiary/aromatic N) is 4. The number of carbonyl (C=O) groups excluding carboxylic acids is 1. The van der Waals surface area contributed by atoms with E-state index in [9.17, 15) is 18.0 Å². The van der Waals surface area contributed by atoms with Crippen LogP contribution < -0.4 is 5.32 Å². The molecule has 114 valence electrons. The SMILES string of the molecule is C[C@@H](Cn1ccnc1)NC(=O)Cn1ccc(C(F)(F)F)n1. The third-order valence-electron chi connectivity index (χ3n) is 2.69. The summed E-state index contributed by atoms with van der Waals surface area (Å²) in [5, 5.41) is 6.01. The maximum atomic E-state index is 12.4. The first-order valence-electron chi connectivity index (χ1n) is 6.20. The van der Waals surface area contributed by atoms with Gasteiger partial charge in [-0.1, -0.05) is 0 Å². The smallest absolute Gasteiger partial charge is 0.350 e. The van der Waals surface area contributed by atoms with Crippen LogP contribution >= 0.6 is 0 Å². The highest BCUT2D eigenvalue weighted by atomic mass is 19.4. The van der Waals surface area contributed by atoms with Gasteiger partial charge < -0.3 is 9.88 Å². The Bertz CT molecular complexity index is 590. The predicted octanol–water partition coefficient (Wildman–Crippen LogP) is 1.30. The van der Waals surface area contributed by atoms with E-state index in [1.54, 1.807) is 30.2 Å². The topological polar surface area (TPSA) is 64.7 Å². The molecule has 0 radical (unpaired) electrons. The van der Waals surface area contributed by atoms with Gasteiger partial charge in [0, 0.05) is 31.2 Å². The molecule has 0 saturated carbocycles. The van der Waals surface area contributed by atoms with Crippen molar-refractivity contribution in [1.82, 2.24) is 24.6 Å². The Morgan fingerprint density at radius 2 is 2.19 bits per heavy atom. The van der Waals surface area contributed by atoms with Gasteiger partial charge >= 0.3 is 6.18 Å². The molecule has 0 saturated heterocycles. The van der Waals surface area contributed by atoms with Gasteiger partial charge in [-0.15, -0.1) is 0 Å². The summed E-state index contributed by atoms with van der Waals surface area (Å²) in [5.74, 6) is -0.403. The van der Waals surface area contributed by atoms with Gasteiger partial charge in [0.05, 0.1) is 6.33 Å². The van der Waals surface area contributed by atoms with E-state index in [-0.39, 0.29) is 12.6 Å². The Kier molecular flexibility index (Phi) is 4.29. The lowest BCUT2D eigenvalue weighted by atomic mass is 10.3. The Balaban J connectivity index is 1.85. The number of hydrogen-bond donors (Lipinski definition) is 1. The molecule has 0 aliphatic carbocycles. The van der Waals surface area contributed by atoms with Crippen LogP contribution in [0.25, 0.3) is 0 Å². The zero-order chi connectivity index (χ0) is 15.5. The van der Waals surface area contributed by atoms with Crippen molar-refractivity contribution < 1.29 is 18.0 Å². The van der Waals surface area contributed by atoms with E-state index >= 15 is 0 Å². The lowest BCUT2D eigenvalue weighted by Crippen LogP contribution is -2.37. The van der Waals surface area contributed by atoms with Crippen molar-refractivity contribution in [2.24, 2.45) is 0 Å². The Morgan fingerprint density at radius 1 is 1.43 bits per heavy atom. The Hall–Kier alpha value is -2.32.